The lowest BCUT2D eigenvalue weighted by Gasteiger charge is -2.27. The first-order valence-corrected chi connectivity index (χ1v) is 8.56. The van der Waals surface area contributed by atoms with Crippen LogP contribution in [0.2, 0.25) is 5.02 Å². The SMILES string of the molecule is CCC(CCO)NC(=O)NC1CCN(C)C1c1ccc(Cl)cc1. The molecule has 1 fully saturated rings. The molecule has 0 aliphatic carbocycles. The molecule has 1 aromatic carbocycles. The second kappa shape index (κ2) is 8.52. The van der Waals surface area contributed by atoms with Crippen molar-refractivity contribution in [1.82, 2.24) is 15.5 Å². The first kappa shape index (κ1) is 18.0. The van der Waals surface area contributed by atoms with E-state index in [-0.39, 0.29) is 30.8 Å². The van der Waals surface area contributed by atoms with Crippen LogP contribution in [0.5, 0.6) is 0 Å². The van der Waals surface area contributed by atoms with E-state index in [4.69, 9.17) is 16.7 Å². The molecule has 1 heterocycles. The Bertz CT molecular complexity index is 509. The maximum atomic E-state index is 12.2. The summed E-state index contributed by atoms with van der Waals surface area (Å²) < 4.78 is 0. The van der Waals surface area contributed by atoms with Crippen LogP contribution in [-0.4, -0.2) is 48.3 Å². The fourth-order valence-corrected chi connectivity index (χ4v) is 3.30. The summed E-state index contributed by atoms with van der Waals surface area (Å²) in [6.45, 7) is 3.02. The number of aliphatic hydroxyl groups is 1. The molecule has 3 N–H and O–H groups in total. The molecule has 5 nitrogen and oxygen atoms in total. The van der Waals surface area contributed by atoms with E-state index >= 15 is 0 Å². The number of hydrogen-bond acceptors (Lipinski definition) is 3. The van der Waals surface area contributed by atoms with Crippen molar-refractivity contribution in [1.29, 1.82) is 0 Å². The Hall–Kier alpha value is -1.30. The Kier molecular flexibility index (Phi) is 6.69. The zero-order chi connectivity index (χ0) is 16.8. The molecule has 2 rings (SSSR count). The number of urea groups is 1. The molecular formula is C17H26ClN3O2. The summed E-state index contributed by atoms with van der Waals surface area (Å²) in [6.07, 6.45) is 2.29. The van der Waals surface area contributed by atoms with Crippen molar-refractivity contribution in [3.05, 3.63) is 34.9 Å². The van der Waals surface area contributed by atoms with Crippen LogP contribution in [-0.2, 0) is 0 Å². The number of nitrogens with one attached hydrogen (secondary N) is 2. The van der Waals surface area contributed by atoms with Gasteiger partial charge in [-0.1, -0.05) is 30.7 Å². The molecule has 3 unspecified atom stereocenters. The summed E-state index contributed by atoms with van der Waals surface area (Å²) in [4.78, 5) is 14.5. The molecule has 0 bridgehead atoms. The predicted octanol–water partition coefficient (Wildman–Crippen LogP) is 2.55. The number of halogens is 1. The highest BCUT2D eigenvalue weighted by Crippen LogP contribution is 2.31. The van der Waals surface area contributed by atoms with E-state index in [1.54, 1.807) is 0 Å². The highest BCUT2D eigenvalue weighted by molar-refractivity contribution is 6.30. The maximum absolute atomic E-state index is 12.2. The van der Waals surface area contributed by atoms with Crippen molar-refractivity contribution in [2.45, 2.75) is 44.3 Å². The minimum atomic E-state index is -0.162. The van der Waals surface area contributed by atoms with E-state index in [0.29, 0.717) is 11.4 Å². The van der Waals surface area contributed by atoms with Crippen LogP contribution >= 0.6 is 11.6 Å². The zero-order valence-electron chi connectivity index (χ0n) is 13.8. The minimum absolute atomic E-state index is 0.00751. The molecule has 0 saturated carbocycles. The van der Waals surface area contributed by atoms with Gasteiger partial charge >= 0.3 is 6.03 Å². The van der Waals surface area contributed by atoms with E-state index < -0.39 is 0 Å². The molecule has 23 heavy (non-hydrogen) atoms. The van der Waals surface area contributed by atoms with Crippen LogP contribution in [0.4, 0.5) is 4.79 Å². The molecule has 1 aliphatic heterocycles. The number of nitrogens with zero attached hydrogens (tertiary/aromatic N) is 1. The Morgan fingerprint density at radius 1 is 1.43 bits per heavy atom. The lowest BCUT2D eigenvalue weighted by Crippen LogP contribution is -2.47. The van der Waals surface area contributed by atoms with Crippen LogP contribution in [0.15, 0.2) is 24.3 Å². The predicted molar refractivity (Wildman–Crippen MR) is 92.7 cm³/mol. The smallest absolute Gasteiger partial charge is 0.315 e. The van der Waals surface area contributed by atoms with Gasteiger partial charge in [0.2, 0.25) is 0 Å². The van der Waals surface area contributed by atoms with Crippen molar-refractivity contribution < 1.29 is 9.90 Å². The molecule has 1 aliphatic rings. The summed E-state index contributed by atoms with van der Waals surface area (Å²) in [5.74, 6) is 0. The Morgan fingerprint density at radius 2 is 2.13 bits per heavy atom. The third-order valence-electron chi connectivity index (χ3n) is 4.48. The number of likely N-dealkylation sites (tertiary alicyclic amines) is 1. The van der Waals surface area contributed by atoms with Crippen LogP contribution in [0, 0.1) is 0 Å². The molecule has 0 spiro atoms. The van der Waals surface area contributed by atoms with Gasteiger partial charge < -0.3 is 15.7 Å². The first-order valence-electron chi connectivity index (χ1n) is 8.18. The first-order chi connectivity index (χ1) is 11.0. The maximum Gasteiger partial charge on any atom is 0.315 e. The molecule has 1 saturated heterocycles. The van der Waals surface area contributed by atoms with Crippen molar-refractivity contribution in [3.8, 4) is 0 Å². The van der Waals surface area contributed by atoms with E-state index in [2.05, 4.69) is 22.6 Å². The van der Waals surface area contributed by atoms with Gasteiger partial charge in [-0.15, -0.1) is 0 Å². The summed E-state index contributed by atoms with van der Waals surface area (Å²) in [6, 6.07) is 7.86. The van der Waals surface area contributed by atoms with Crippen molar-refractivity contribution in [2.75, 3.05) is 20.2 Å². The fourth-order valence-electron chi connectivity index (χ4n) is 3.17. The van der Waals surface area contributed by atoms with Gasteiger partial charge in [-0.3, -0.25) is 4.90 Å². The molecule has 1 aromatic rings. The summed E-state index contributed by atoms with van der Waals surface area (Å²) in [5, 5.41) is 15.8. The number of rotatable bonds is 6. The van der Waals surface area contributed by atoms with Gasteiger partial charge in [0.15, 0.2) is 0 Å². The molecule has 0 radical (unpaired) electrons. The molecular weight excluding hydrogens is 314 g/mol. The summed E-state index contributed by atoms with van der Waals surface area (Å²) in [7, 11) is 2.07. The number of hydrogen-bond donors (Lipinski definition) is 3. The highest BCUT2D eigenvalue weighted by Gasteiger charge is 2.34. The zero-order valence-corrected chi connectivity index (χ0v) is 14.5. The van der Waals surface area contributed by atoms with E-state index in [1.165, 1.54) is 0 Å². The van der Waals surface area contributed by atoms with Crippen LogP contribution < -0.4 is 10.6 Å². The molecule has 0 aromatic heterocycles. The Balaban J connectivity index is 2.00. The Morgan fingerprint density at radius 3 is 2.74 bits per heavy atom. The van der Waals surface area contributed by atoms with Crippen molar-refractivity contribution in [3.63, 3.8) is 0 Å². The largest absolute Gasteiger partial charge is 0.396 e. The van der Waals surface area contributed by atoms with Gasteiger partial charge in [-0.05, 0) is 44.0 Å². The second-order valence-corrected chi connectivity index (χ2v) is 6.54. The third kappa shape index (κ3) is 4.83. The van der Waals surface area contributed by atoms with E-state index in [0.717, 1.165) is 24.9 Å². The number of likely N-dealkylation sites (N-methyl/N-ethyl adjacent to an activating group) is 1. The normalized spacial score (nSPS) is 22.8. The van der Waals surface area contributed by atoms with Crippen molar-refractivity contribution >= 4 is 17.6 Å². The standard InChI is InChI=1S/C17H26ClN3O2/c1-3-14(9-11-22)19-17(23)20-15-8-10-21(2)16(15)12-4-6-13(18)7-5-12/h4-7,14-16,22H,3,8-11H2,1-2H3,(H2,19,20,23). The number of benzene rings is 1. The third-order valence-corrected chi connectivity index (χ3v) is 4.73. The van der Waals surface area contributed by atoms with Gasteiger partial charge in [0.05, 0.1) is 12.1 Å². The highest BCUT2D eigenvalue weighted by atomic mass is 35.5. The number of aliphatic hydroxyl groups excluding tert-OH is 1. The van der Waals surface area contributed by atoms with Gasteiger partial charge in [0, 0.05) is 24.2 Å². The van der Waals surface area contributed by atoms with Gasteiger partial charge in [0.1, 0.15) is 0 Å². The number of carbonyl (C=O) groups excluding carboxylic acids is 1. The number of carbonyl (C=O) groups is 1. The molecule has 6 heteroatoms. The van der Waals surface area contributed by atoms with Crippen LogP contribution in [0.25, 0.3) is 0 Å². The average Bonchev–Trinajstić information content (AvgIpc) is 2.88. The Labute approximate surface area is 143 Å². The average molecular weight is 340 g/mol. The minimum Gasteiger partial charge on any atom is -0.396 e. The van der Waals surface area contributed by atoms with E-state index in [9.17, 15) is 4.79 Å². The van der Waals surface area contributed by atoms with Crippen LogP contribution in [0.3, 0.4) is 0 Å². The fraction of sp³-hybridized carbons (Fsp3) is 0.588. The van der Waals surface area contributed by atoms with Crippen molar-refractivity contribution in [2.24, 2.45) is 0 Å². The number of amides is 2. The monoisotopic (exact) mass is 339 g/mol. The quantitative estimate of drug-likeness (QED) is 0.746. The lowest BCUT2D eigenvalue weighted by molar-refractivity contribution is 0.219. The molecule has 3 atom stereocenters. The molecule has 2 amide bonds. The summed E-state index contributed by atoms with van der Waals surface area (Å²) >= 11 is 5.96. The lowest BCUT2D eigenvalue weighted by atomic mass is 10.0. The van der Waals surface area contributed by atoms with E-state index in [1.807, 2.05) is 31.2 Å². The van der Waals surface area contributed by atoms with Gasteiger partial charge in [0.25, 0.3) is 0 Å². The van der Waals surface area contributed by atoms with Gasteiger partial charge in [-0.2, -0.15) is 0 Å². The van der Waals surface area contributed by atoms with Crippen LogP contribution in [0.1, 0.15) is 37.8 Å². The summed E-state index contributed by atoms with van der Waals surface area (Å²) in [5.41, 5.74) is 1.15. The van der Waals surface area contributed by atoms with Gasteiger partial charge in [-0.25, -0.2) is 4.79 Å². The topological polar surface area (TPSA) is 64.6 Å². The molecule has 128 valence electrons. The second-order valence-electron chi connectivity index (χ2n) is 6.11.